The summed E-state index contributed by atoms with van der Waals surface area (Å²) in [6.45, 7) is 0.740. The number of hydrogen-bond acceptors (Lipinski definition) is 3. The molecule has 5 heteroatoms. The van der Waals surface area contributed by atoms with Gasteiger partial charge in [0.2, 0.25) is 0 Å². The van der Waals surface area contributed by atoms with E-state index < -0.39 is 5.76 Å². The van der Waals surface area contributed by atoms with Crippen LogP contribution >= 0.6 is 15.9 Å². The Balaban J connectivity index is 2.65. The van der Waals surface area contributed by atoms with Crippen molar-refractivity contribution in [2.24, 2.45) is 0 Å². The van der Waals surface area contributed by atoms with E-state index in [0.29, 0.717) is 11.1 Å². The van der Waals surface area contributed by atoms with Crippen LogP contribution in [-0.4, -0.2) is 12.0 Å². The number of H-pyrrole nitrogens is 1. The second-order valence-electron chi connectivity index (χ2n) is 3.00. The van der Waals surface area contributed by atoms with Gasteiger partial charge in [-0.3, -0.25) is 4.98 Å². The number of aromatic nitrogens is 1. The van der Waals surface area contributed by atoms with Crippen molar-refractivity contribution in [2.45, 2.75) is 6.54 Å². The molecule has 2 aromatic rings. The zero-order chi connectivity index (χ0) is 10.1. The van der Waals surface area contributed by atoms with Crippen LogP contribution in [0.2, 0.25) is 0 Å². The fraction of sp³-hybridized carbons (Fsp3) is 0.222. The molecule has 4 nitrogen and oxygen atoms in total. The molecule has 1 aromatic carbocycles. The highest BCUT2D eigenvalue weighted by atomic mass is 79.9. The topological polar surface area (TPSA) is 58.0 Å². The van der Waals surface area contributed by atoms with Gasteiger partial charge in [-0.2, -0.15) is 0 Å². The Hall–Kier alpha value is -1.07. The average Bonchev–Trinajstić information content (AvgIpc) is 2.47. The molecule has 74 valence electrons. The van der Waals surface area contributed by atoms with Crippen molar-refractivity contribution in [3.05, 3.63) is 32.7 Å². The van der Waals surface area contributed by atoms with E-state index >= 15 is 0 Å². The lowest BCUT2D eigenvalue weighted by Gasteiger charge is -2.00. The molecule has 0 saturated heterocycles. The third kappa shape index (κ3) is 1.60. The van der Waals surface area contributed by atoms with E-state index in [1.165, 1.54) is 0 Å². The molecule has 0 aliphatic rings. The molecule has 0 radical (unpaired) electrons. The zero-order valence-corrected chi connectivity index (χ0v) is 9.14. The molecule has 0 aliphatic carbocycles. The van der Waals surface area contributed by atoms with Gasteiger partial charge in [0.1, 0.15) is 5.52 Å². The van der Waals surface area contributed by atoms with E-state index in [2.05, 4.69) is 26.2 Å². The molecule has 0 atom stereocenters. The molecule has 0 bridgehead atoms. The monoisotopic (exact) mass is 256 g/mol. The van der Waals surface area contributed by atoms with Gasteiger partial charge in [-0.15, -0.1) is 0 Å². The third-order valence-electron chi connectivity index (χ3n) is 1.92. The highest BCUT2D eigenvalue weighted by Gasteiger charge is 2.06. The molecule has 0 saturated carbocycles. The Morgan fingerprint density at radius 2 is 2.36 bits per heavy atom. The first kappa shape index (κ1) is 9.48. The molecule has 0 amide bonds. The second-order valence-corrected chi connectivity index (χ2v) is 3.85. The Bertz CT molecular complexity index is 515. The maximum absolute atomic E-state index is 11.0. The van der Waals surface area contributed by atoms with Crippen LogP contribution in [0.15, 0.2) is 25.8 Å². The van der Waals surface area contributed by atoms with Crippen LogP contribution in [0.1, 0.15) is 5.56 Å². The van der Waals surface area contributed by atoms with Crippen molar-refractivity contribution in [1.82, 2.24) is 10.3 Å². The molecular weight excluding hydrogens is 248 g/mol. The highest BCUT2D eigenvalue weighted by Crippen LogP contribution is 2.23. The molecule has 0 aliphatic heterocycles. The smallest absolute Gasteiger partial charge is 0.408 e. The number of benzene rings is 1. The largest absolute Gasteiger partial charge is 0.417 e. The molecule has 1 aromatic heterocycles. The van der Waals surface area contributed by atoms with E-state index in [1.807, 2.05) is 19.2 Å². The summed E-state index contributed by atoms with van der Waals surface area (Å²) in [6.07, 6.45) is 0. The van der Waals surface area contributed by atoms with Crippen LogP contribution in [-0.2, 0) is 6.54 Å². The van der Waals surface area contributed by atoms with Gasteiger partial charge in [-0.05, 0) is 40.7 Å². The Morgan fingerprint density at radius 3 is 3.07 bits per heavy atom. The summed E-state index contributed by atoms with van der Waals surface area (Å²) in [5.74, 6) is -0.428. The summed E-state index contributed by atoms with van der Waals surface area (Å²) < 4.78 is 5.81. The fourth-order valence-corrected chi connectivity index (χ4v) is 1.96. The molecule has 2 N–H and O–H groups in total. The summed E-state index contributed by atoms with van der Waals surface area (Å²) in [6, 6.07) is 3.79. The zero-order valence-electron chi connectivity index (χ0n) is 7.56. The molecule has 0 unspecified atom stereocenters. The molecule has 14 heavy (non-hydrogen) atoms. The fourth-order valence-electron chi connectivity index (χ4n) is 1.37. The number of rotatable bonds is 2. The Kier molecular flexibility index (Phi) is 2.43. The van der Waals surface area contributed by atoms with E-state index in [1.54, 1.807) is 0 Å². The average molecular weight is 257 g/mol. The molecule has 0 spiro atoms. The van der Waals surface area contributed by atoms with Crippen LogP contribution < -0.4 is 11.1 Å². The summed E-state index contributed by atoms with van der Waals surface area (Å²) >= 11 is 3.37. The quantitative estimate of drug-likeness (QED) is 0.859. The van der Waals surface area contributed by atoms with Crippen molar-refractivity contribution in [3.8, 4) is 0 Å². The van der Waals surface area contributed by atoms with Crippen molar-refractivity contribution < 1.29 is 4.42 Å². The van der Waals surface area contributed by atoms with Crippen molar-refractivity contribution >= 4 is 27.0 Å². The molecular formula is C9H9BrN2O2. The highest BCUT2D eigenvalue weighted by molar-refractivity contribution is 9.10. The number of hydrogen-bond donors (Lipinski definition) is 2. The minimum atomic E-state index is -0.428. The van der Waals surface area contributed by atoms with Crippen molar-refractivity contribution in [3.63, 3.8) is 0 Å². The van der Waals surface area contributed by atoms with Crippen LogP contribution in [0.4, 0.5) is 0 Å². The SMILES string of the molecule is CNCc1cc(Br)c2[nH]c(=O)oc2c1. The van der Waals surface area contributed by atoms with E-state index in [-0.39, 0.29) is 0 Å². The van der Waals surface area contributed by atoms with Gasteiger partial charge in [0.25, 0.3) is 0 Å². The van der Waals surface area contributed by atoms with Gasteiger partial charge in [-0.25, -0.2) is 4.79 Å². The second kappa shape index (κ2) is 3.59. The van der Waals surface area contributed by atoms with Crippen molar-refractivity contribution in [1.29, 1.82) is 0 Å². The number of oxazole rings is 1. The predicted molar refractivity (Wildman–Crippen MR) is 57.3 cm³/mol. The van der Waals surface area contributed by atoms with Gasteiger partial charge in [0.05, 0.1) is 0 Å². The first-order chi connectivity index (χ1) is 6.70. The Morgan fingerprint density at radius 1 is 1.57 bits per heavy atom. The van der Waals surface area contributed by atoms with Crippen LogP contribution in [0, 0.1) is 0 Å². The normalized spacial score (nSPS) is 11.0. The number of fused-ring (bicyclic) bond motifs is 1. The minimum absolute atomic E-state index is 0.428. The summed E-state index contributed by atoms with van der Waals surface area (Å²) in [7, 11) is 1.87. The summed E-state index contributed by atoms with van der Waals surface area (Å²) in [4.78, 5) is 13.6. The van der Waals surface area contributed by atoms with Crippen LogP contribution in [0.25, 0.3) is 11.1 Å². The minimum Gasteiger partial charge on any atom is -0.408 e. The molecule has 2 rings (SSSR count). The van der Waals surface area contributed by atoms with Crippen molar-refractivity contribution in [2.75, 3.05) is 7.05 Å². The first-order valence-corrected chi connectivity index (χ1v) is 4.96. The number of halogens is 1. The lowest BCUT2D eigenvalue weighted by Crippen LogP contribution is -2.04. The predicted octanol–water partition coefficient (Wildman–Crippen LogP) is 1.60. The summed E-state index contributed by atoms with van der Waals surface area (Å²) in [5, 5.41) is 3.03. The maximum Gasteiger partial charge on any atom is 0.417 e. The lowest BCUT2D eigenvalue weighted by molar-refractivity contribution is 0.555. The van der Waals surface area contributed by atoms with Crippen LogP contribution in [0.5, 0.6) is 0 Å². The van der Waals surface area contributed by atoms with Gasteiger partial charge in [0.15, 0.2) is 5.58 Å². The number of aromatic amines is 1. The van der Waals surface area contributed by atoms with E-state index in [0.717, 1.165) is 16.6 Å². The van der Waals surface area contributed by atoms with Gasteiger partial charge >= 0.3 is 5.76 Å². The standard InChI is InChI=1S/C9H9BrN2O2/c1-11-4-5-2-6(10)8-7(3-5)14-9(13)12-8/h2-3,11H,4H2,1H3,(H,12,13). The van der Waals surface area contributed by atoms with Crippen LogP contribution in [0.3, 0.4) is 0 Å². The van der Waals surface area contributed by atoms with E-state index in [9.17, 15) is 4.79 Å². The lowest BCUT2D eigenvalue weighted by atomic mass is 10.2. The molecule has 0 fully saturated rings. The molecule has 1 heterocycles. The maximum atomic E-state index is 11.0. The Labute approximate surface area is 88.4 Å². The van der Waals surface area contributed by atoms with Gasteiger partial charge in [0, 0.05) is 11.0 Å². The van der Waals surface area contributed by atoms with Gasteiger partial charge in [-0.1, -0.05) is 0 Å². The van der Waals surface area contributed by atoms with E-state index in [4.69, 9.17) is 4.42 Å². The summed E-state index contributed by atoms with van der Waals surface area (Å²) in [5.41, 5.74) is 2.35. The van der Waals surface area contributed by atoms with Gasteiger partial charge < -0.3 is 9.73 Å². The first-order valence-electron chi connectivity index (χ1n) is 4.16. The third-order valence-corrected chi connectivity index (χ3v) is 2.55. The number of nitrogens with one attached hydrogen (secondary N) is 2.